The number of Topliss-reactive ketones (excluding diaryl/α,β-unsaturated/α-hetero) is 1. The molecule has 1 atom stereocenters. The van der Waals surface area contributed by atoms with Gasteiger partial charge in [-0.15, -0.1) is 0 Å². The van der Waals surface area contributed by atoms with Gasteiger partial charge in [-0.2, -0.15) is 0 Å². The topological polar surface area (TPSA) is 66.4 Å². The van der Waals surface area contributed by atoms with Gasteiger partial charge in [-0.1, -0.05) is 78.9 Å². The fourth-order valence-electron chi connectivity index (χ4n) is 2.59. The van der Waals surface area contributed by atoms with Crippen LogP contribution in [0.25, 0.3) is 0 Å². The van der Waals surface area contributed by atoms with Crippen LogP contribution in [0.2, 0.25) is 0 Å². The Hall–Kier alpha value is -3.24. The number of ketones is 1. The molecule has 3 aromatic rings. The number of benzene rings is 3. The summed E-state index contributed by atoms with van der Waals surface area (Å²) < 4.78 is 0. The van der Waals surface area contributed by atoms with Gasteiger partial charge in [-0.3, -0.25) is 9.59 Å². The summed E-state index contributed by atoms with van der Waals surface area (Å²) in [6.45, 7) is 0. The second kappa shape index (κ2) is 7.11. The Balaban J connectivity index is 2.03. The molecule has 124 valence electrons. The van der Waals surface area contributed by atoms with E-state index in [-0.39, 0.29) is 11.1 Å². The first-order valence-electron chi connectivity index (χ1n) is 7.86. The number of hydrogen-bond donors (Lipinski definition) is 2. The molecule has 3 aromatic carbocycles. The van der Waals surface area contributed by atoms with Crippen LogP contribution in [0, 0.1) is 0 Å². The van der Waals surface area contributed by atoms with Crippen molar-refractivity contribution in [3.63, 3.8) is 0 Å². The number of para-hydroxylation sites is 1. The molecule has 1 amide bonds. The zero-order valence-corrected chi connectivity index (χ0v) is 13.4. The lowest BCUT2D eigenvalue weighted by Gasteiger charge is -2.26. The Kier molecular flexibility index (Phi) is 4.73. The van der Waals surface area contributed by atoms with Crippen molar-refractivity contribution in [2.24, 2.45) is 0 Å². The van der Waals surface area contributed by atoms with Crippen LogP contribution in [0.5, 0.6) is 0 Å². The molecule has 4 heteroatoms. The van der Waals surface area contributed by atoms with Crippen molar-refractivity contribution in [3.8, 4) is 0 Å². The third-order valence-electron chi connectivity index (χ3n) is 3.92. The molecule has 0 radical (unpaired) electrons. The van der Waals surface area contributed by atoms with Crippen LogP contribution < -0.4 is 5.32 Å². The van der Waals surface area contributed by atoms with E-state index in [1.54, 1.807) is 84.9 Å². The zero-order valence-electron chi connectivity index (χ0n) is 13.4. The summed E-state index contributed by atoms with van der Waals surface area (Å²) in [6, 6.07) is 25.2. The minimum atomic E-state index is -2.32. The quantitative estimate of drug-likeness (QED) is 0.556. The van der Waals surface area contributed by atoms with Crippen molar-refractivity contribution >= 4 is 17.4 Å². The van der Waals surface area contributed by atoms with Gasteiger partial charge in [0.25, 0.3) is 5.91 Å². The first kappa shape index (κ1) is 16.6. The average Bonchev–Trinajstić information content (AvgIpc) is 2.69. The van der Waals surface area contributed by atoms with Gasteiger partial charge >= 0.3 is 0 Å². The SMILES string of the molecule is O=C(Nc1ccccc1)C(O)(C(=O)c1ccccc1)c1ccccc1. The standard InChI is InChI=1S/C21H17NO3/c23-19(16-10-4-1-5-11-16)21(25,17-12-6-2-7-13-17)20(24)22-18-14-8-3-9-15-18/h1-15,25H,(H,22,24). The van der Waals surface area contributed by atoms with E-state index in [1.165, 1.54) is 0 Å². The lowest BCUT2D eigenvalue weighted by molar-refractivity contribution is -0.130. The van der Waals surface area contributed by atoms with Crippen LogP contribution >= 0.6 is 0 Å². The van der Waals surface area contributed by atoms with Crippen LogP contribution in [-0.2, 0) is 10.4 Å². The van der Waals surface area contributed by atoms with Crippen molar-refractivity contribution < 1.29 is 14.7 Å². The molecule has 0 bridgehead atoms. The highest BCUT2D eigenvalue weighted by atomic mass is 16.3. The van der Waals surface area contributed by atoms with E-state index in [9.17, 15) is 14.7 Å². The van der Waals surface area contributed by atoms with E-state index in [1.807, 2.05) is 6.07 Å². The molecule has 2 N–H and O–H groups in total. The predicted molar refractivity (Wildman–Crippen MR) is 96.2 cm³/mol. The predicted octanol–water partition coefficient (Wildman–Crippen LogP) is 3.40. The summed E-state index contributed by atoms with van der Waals surface area (Å²) in [4.78, 5) is 25.9. The van der Waals surface area contributed by atoms with Gasteiger partial charge in [0.05, 0.1) is 0 Å². The van der Waals surface area contributed by atoms with E-state index < -0.39 is 17.3 Å². The molecule has 0 aromatic heterocycles. The maximum Gasteiger partial charge on any atom is 0.269 e. The molecular weight excluding hydrogens is 314 g/mol. The highest BCUT2D eigenvalue weighted by molar-refractivity contribution is 6.20. The summed E-state index contributed by atoms with van der Waals surface area (Å²) in [6.07, 6.45) is 0. The molecule has 0 heterocycles. The summed E-state index contributed by atoms with van der Waals surface area (Å²) >= 11 is 0. The van der Waals surface area contributed by atoms with Gasteiger partial charge in [0.1, 0.15) is 0 Å². The van der Waals surface area contributed by atoms with Gasteiger partial charge < -0.3 is 10.4 Å². The fourth-order valence-corrected chi connectivity index (χ4v) is 2.59. The number of anilines is 1. The van der Waals surface area contributed by atoms with E-state index in [0.29, 0.717) is 5.69 Å². The van der Waals surface area contributed by atoms with Crippen LogP contribution in [0.15, 0.2) is 91.0 Å². The number of nitrogens with one attached hydrogen (secondary N) is 1. The van der Waals surface area contributed by atoms with E-state index in [4.69, 9.17) is 0 Å². The molecule has 0 aliphatic rings. The molecule has 25 heavy (non-hydrogen) atoms. The molecule has 0 saturated heterocycles. The summed E-state index contributed by atoms with van der Waals surface area (Å²) in [5, 5.41) is 13.8. The lowest BCUT2D eigenvalue weighted by atomic mass is 9.85. The van der Waals surface area contributed by atoms with Crippen LogP contribution in [0.3, 0.4) is 0 Å². The normalized spacial score (nSPS) is 12.8. The first-order valence-corrected chi connectivity index (χ1v) is 7.86. The monoisotopic (exact) mass is 331 g/mol. The minimum absolute atomic E-state index is 0.220. The summed E-state index contributed by atoms with van der Waals surface area (Å²) in [5.41, 5.74) is -1.34. The van der Waals surface area contributed by atoms with E-state index >= 15 is 0 Å². The lowest BCUT2D eigenvalue weighted by Crippen LogP contribution is -2.47. The molecule has 1 unspecified atom stereocenters. The van der Waals surface area contributed by atoms with Crippen LogP contribution in [0.4, 0.5) is 5.69 Å². The molecule has 0 spiro atoms. The maximum atomic E-state index is 13.0. The van der Waals surface area contributed by atoms with Gasteiger partial charge in [0.15, 0.2) is 0 Å². The molecule has 4 nitrogen and oxygen atoms in total. The second-order valence-corrected chi connectivity index (χ2v) is 5.59. The Labute approximate surface area is 145 Å². The number of amides is 1. The number of carbonyl (C=O) groups excluding carboxylic acids is 2. The maximum absolute atomic E-state index is 13.0. The Morgan fingerprint density at radius 2 is 1.20 bits per heavy atom. The Morgan fingerprint density at radius 1 is 0.720 bits per heavy atom. The van der Waals surface area contributed by atoms with Crippen molar-refractivity contribution in [2.75, 3.05) is 5.32 Å². The number of aliphatic hydroxyl groups is 1. The van der Waals surface area contributed by atoms with Crippen LogP contribution in [-0.4, -0.2) is 16.8 Å². The molecule has 0 saturated carbocycles. The molecule has 0 aliphatic carbocycles. The van der Waals surface area contributed by atoms with Crippen molar-refractivity contribution in [1.29, 1.82) is 0 Å². The third-order valence-corrected chi connectivity index (χ3v) is 3.92. The molecule has 3 rings (SSSR count). The third kappa shape index (κ3) is 3.34. The number of carbonyl (C=O) groups is 2. The van der Waals surface area contributed by atoms with Crippen molar-refractivity contribution in [1.82, 2.24) is 0 Å². The fraction of sp³-hybridized carbons (Fsp3) is 0.0476. The van der Waals surface area contributed by atoms with Gasteiger partial charge in [0, 0.05) is 16.8 Å². The van der Waals surface area contributed by atoms with E-state index in [2.05, 4.69) is 5.32 Å². The van der Waals surface area contributed by atoms with Gasteiger partial charge in [-0.05, 0) is 12.1 Å². The number of rotatable bonds is 5. The summed E-state index contributed by atoms with van der Waals surface area (Å²) in [5.74, 6) is -1.47. The Morgan fingerprint density at radius 3 is 1.76 bits per heavy atom. The summed E-state index contributed by atoms with van der Waals surface area (Å²) in [7, 11) is 0. The van der Waals surface area contributed by atoms with Crippen molar-refractivity contribution in [3.05, 3.63) is 102 Å². The highest BCUT2D eigenvalue weighted by Crippen LogP contribution is 2.28. The van der Waals surface area contributed by atoms with Crippen molar-refractivity contribution in [2.45, 2.75) is 5.60 Å². The second-order valence-electron chi connectivity index (χ2n) is 5.59. The minimum Gasteiger partial charge on any atom is -0.369 e. The van der Waals surface area contributed by atoms with E-state index in [0.717, 1.165) is 0 Å². The van der Waals surface area contributed by atoms with Gasteiger partial charge in [-0.25, -0.2) is 0 Å². The Bertz CT molecular complexity index is 863. The largest absolute Gasteiger partial charge is 0.369 e. The molecular formula is C21H17NO3. The zero-order chi connectivity index (χ0) is 17.7. The van der Waals surface area contributed by atoms with Gasteiger partial charge in [0.2, 0.25) is 11.4 Å². The van der Waals surface area contributed by atoms with Crippen LogP contribution in [0.1, 0.15) is 15.9 Å². The first-order chi connectivity index (χ1) is 12.1. The molecule has 0 fully saturated rings. The smallest absolute Gasteiger partial charge is 0.269 e. The number of hydrogen-bond acceptors (Lipinski definition) is 3. The highest BCUT2D eigenvalue weighted by Gasteiger charge is 2.46. The molecule has 0 aliphatic heterocycles. The average molecular weight is 331 g/mol.